The van der Waals surface area contributed by atoms with Gasteiger partial charge in [-0.1, -0.05) is 31.2 Å². The fourth-order valence-electron chi connectivity index (χ4n) is 4.37. The van der Waals surface area contributed by atoms with Crippen molar-refractivity contribution >= 4 is 29.1 Å². The quantitative estimate of drug-likeness (QED) is 0.276. The van der Waals surface area contributed by atoms with Crippen LogP contribution in [0.4, 0.5) is 11.4 Å². The first kappa shape index (κ1) is 22.8. The van der Waals surface area contributed by atoms with E-state index in [1.807, 2.05) is 19.1 Å². The van der Waals surface area contributed by atoms with Gasteiger partial charge >= 0.3 is 0 Å². The first-order chi connectivity index (χ1) is 16.2. The third-order valence-electron chi connectivity index (χ3n) is 6.13. The molecular weight excluding hydrogens is 444 g/mol. The molecule has 0 saturated carbocycles. The van der Waals surface area contributed by atoms with Crippen LogP contribution in [0.2, 0.25) is 0 Å². The topological polar surface area (TPSA) is 144 Å². The number of carbonyl (C=O) groups excluding carboxylic acids is 3. The molecule has 11 heteroatoms. The van der Waals surface area contributed by atoms with Gasteiger partial charge in [0, 0.05) is 29.8 Å². The summed E-state index contributed by atoms with van der Waals surface area (Å²) in [7, 11) is 0. The van der Waals surface area contributed by atoms with E-state index in [0.29, 0.717) is 12.0 Å². The smallest absolute Gasteiger partial charge is 0.272 e. The largest absolute Gasteiger partial charge is 0.273 e. The van der Waals surface area contributed by atoms with E-state index in [0.717, 1.165) is 22.2 Å². The summed E-state index contributed by atoms with van der Waals surface area (Å²) in [5.41, 5.74) is 0.158. The van der Waals surface area contributed by atoms with Crippen LogP contribution < -0.4 is 0 Å². The van der Waals surface area contributed by atoms with Crippen molar-refractivity contribution in [3.8, 4) is 0 Å². The third-order valence-corrected chi connectivity index (χ3v) is 6.13. The van der Waals surface area contributed by atoms with Gasteiger partial charge in [-0.2, -0.15) is 5.01 Å². The molecule has 0 spiro atoms. The number of benzene rings is 2. The van der Waals surface area contributed by atoms with Gasteiger partial charge in [0.15, 0.2) is 0 Å². The molecule has 3 atom stereocenters. The number of non-ortho nitro benzene ring substituents is 2. The van der Waals surface area contributed by atoms with Crippen LogP contribution in [-0.4, -0.2) is 37.6 Å². The van der Waals surface area contributed by atoms with Crippen LogP contribution >= 0.6 is 0 Å². The summed E-state index contributed by atoms with van der Waals surface area (Å²) in [6.07, 6.45) is 4.10. The molecule has 0 radical (unpaired) electrons. The van der Waals surface area contributed by atoms with Crippen molar-refractivity contribution in [1.29, 1.82) is 0 Å². The number of allylic oxidation sites excluding steroid dienone is 2. The molecule has 4 rings (SSSR count). The predicted octanol–water partition coefficient (Wildman–Crippen LogP) is 3.26. The molecule has 3 amide bonds. The Bertz CT molecular complexity index is 1210. The molecule has 34 heavy (non-hydrogen) atoms. The highest BCUT2D eigenvalue weighted by molar-refractivity contribution is 6.08. The fraction of sp³-hybridized carbons (Fsp3) is 0.261. The summed E-state index contributed by atoms with van der Waals surface area (Å²) in [5, 5.41) is 23.8. The summed E-state index contributed by atoms with van der Waals surface area (Å²) in [5.74, 6) is -3.06. The van der Waals surface area contributed by atoms with Gasteiger partial charge in [0.05, 0.1) is 28.2 Å². The van der Waals surface area contributed by atoms with E-state index in [4.69, 9.17) is 0 Å². The maximum Gasteiger partial charge on any atom is 0.273 e. The molecule has 2 aromatic rings. The Hall–Kier alpha value is -4.41. The first-order valence-electron chi connectivity index (χ1n) is 10.5. The van der Waals surface area contributed by atoms with E-state index in [1.165, 1.54) is 36.4 Å². The maximum atomic E-state index is 13.5. The van der Waals surface area contributed by atoms with E-state index < -0.39 is 39.4 Å². The molecule has 0 unspecified atom stereocenters. The normalized spacial score (nSPS) is 21.3. The van der Waals surface area contributed by atoms with Gasteiger partial charge in [0.1, 0.15) is 0 Å². The van der Waals surface area contributed by atoms with Crippen LogP contribution in [0.25, 0.3) is 0 Å². The highest BCUT2D eigenvalue weighted by Gasteiger charge is 2.53. The standard InChI is InChI=1S/C23H20N4O7/c1-14-3-2-4-19-20(14)23(30)25(22(19)29)24(13-15-5-9-17(10-6-15)26(31)32)21(28)16-7-11-18(12-8-16)27(33)34/h2-3,5-12,14,19-20H,4,13H2,1H3/t14-,19+,20+/m1/s1. The van der Waals surface area contributed by atoms with E-state index >= 15 is 0 Å². The average Bonchev–Trinajstić information content (AvgIpc) is 3.08. The number of amides is 3. The Morgan fingerprint density at radius 2 is 1.53 bits per heavy atom. The number of hydrogen-bond acceptors (Lipinski definition) is 7. The Labute approximate surface area is 193 Å². The highest BCUT2D eigenvalue weighted by Crippen LogP contribution is 2.39. The van der Waals surface area contributed by atoms with Gasteiger partial charge in [0.2, 0.25) is 0 Å². The zero-order valence-corrected chi connectivity index (χ0v) is 18.1. The second kappa shape index (κ2) is 8.85. The minimum absolute atomic E-state index is 0.0501. The number of hydrogen-bond donors (Lipinski definition) is 0. The Morgan fingerprint density at radius 1 is 0.971 bits per heavy atom. The number of carbonyl (C=O) groups is 3. The van der Waals surface area contributed by atoms with Crippen LogP contribution in [-0.2, 0) is 16.1 Å². The predicted molar refractivity (Wildman–Crippen MR) is 118 cm³/mol. The van der Waals surface area contributed by atoms with E-state index in [9.17, 15) is 34.6 Å². The monoisotopic (exact) mass is 464 g/mol. The molecule has 1 saturated heterocycles. The molecule has 0 bridgehead atoms. The van der Waals surface area contributed by atoms with Crippen molar-refractivity contribution in [3.05, 3.63) is 92.0 Å². The zero-order valence-electron chi connectivity index (χ0n) is 18.1. The lowest BCUT2D eigenvalue weighted by Crippen LogP contribution is -2.50. The van der Waals surface area contributed by atoms with E-state index in [2.05, 4.69) is 0 Å². The molecular formula is C23H20N4O7. The van der Waals surface area contributed by atoms with Crippen LogP contribution in [0.1, 0.15) is 29.3 Å². The summed E-state index contributed by atoms with van der Waals surface area (Å²) >= 11 is 0. The molecule has 1 aliphatic heterocycles. The SMILES string of the molecule is C[C@@H]1C=CC[C@@H]2C(=O)N(N(Cc3ccc([N+](=O)[O-])cc3)C(=O)c3ccc([N+](=O)[O-])cc3)C(=O)[C@@H]12. The lowest BCUT2D eigenvalue weighted by Gasteiger charge is -2.31. The molecule has 1 aliphatic carbocycles. The summed E-state index contributed by atoms with van der Waals surface area (Å²) in [6.45, 7) is 1.63. The van der Waals surface area contributed by atoms with Crippen LogP contribution in [0.3, 0.4) is 0 Å². The van der Waals surface area contributed by atoms with Crippen LogP contribution in [0.15, 0.2) is 60.7 Å². The van der Waals surface area contributed by atoms with Crippen molar-refractivity contribution in [2.75, 3.05) is 0 Å². The Morgan fingerprint density at radius 3 is 2.06 bits per heavy atom. The van der Waals surface area contributed by atoms with Crippen molar-refractivity contribution in [2.45, 2.75) is 19.9 Å². The Balaban J connectivity index is 1.71. The second-order valence-electron chi connectivity index (χ2n) is 8.23. The van der Waals surface area contributed by atoms with Gasteiger partial charge in [0.25, 0.3) is 29.1 Å². The van der Waals surface area contributed by atoms with E-state index in [-0.39, 0.29) is 29.4 Å². The number of nitro groups is 2. The Kier molecular flexibility index (Phi) is 5.93. The van der Waals surface area contributed by atoms with Crippen molar-refractivity contribution in [2.24, 2.45) is 17.8 Å². The van der Waals surface area contributed by atoms with Crippen molar-refractivity contribution in [1.82, 2.24) is 10.0 Å². The van der Waals surface area contributed by atoms with Gasteiger partial charge in [-0.3, -0.25) is 34.6 Å². The average molecular weight is 464 g/mol. The number of hydrazine groups is 1. The van der Waals surface area contributed by atoms with E-state index in [1.54, 1.807) is 0 Å². The van der Waals surface area contributed by atoms with Crippen LogP contribution in [0, 0.1) is 38.0 Å². The summed E-state index contributed by atoms with van der Waals surface area (Å²) < 4.78 is 0. The fourth-order valence-corrected chi connectivity index (χ4v) is 4.37. The molecule has 11 nitrogen and oxygen atoms in total. The maximum absolute atomic E-state index is 13.5. The summed E-state index contributed by atoms with van der Waals surface area (Å²) in [4.78, 5) is 60.8. The van der Waals surface area contributed by atoms with Crippen molar-refractivity contribution in [3.63, 3.8) is 0 Å². The van der Waals surface area contributed by atoms with Gasteiger partial charge in [-0.25, -0.2) is 5.01 Å². The minimum atomic E-state index is -0.700. The van der Waals surface area contributed by atoms with Gasteiger partial charge in [-0.05, 0) is 30.0 Å². The zero-order chi connectivity index (χ0) is 24.6. The first-order valence-corrected chi connectivity index (χ1v) is 10.5. The van der Waals surface area contributed by atoms with Crippen LogP contribution in [0.5, 0.6) is 0 Å². The van der Waals surface area contributed by atoms with Crippen molar-refractivity contribution < 1.29 is 24.2 Å². The minimum Gasteiger partial charge on any atom is -0.272 e. The highest BCUT2D eigenvalue weighted by atomic mass is 16.6. The molecule has 174 valence electrons. The number of fused-ring (bicyclic) bond motifs is 1. The number of nitrogens with zero attached hydrogens (tertiary/aromatic N) is 4. The number of imide groups is 1. The number of nitro benzene ring substituents is 2. The molecule has 0 N–H and O–H groups in total. The lowest BCUT2D eigenvalue weighted by atomic mass is 9.78. The second-order valence-corrected chi connectivity index (χ2v) is 8.23. The van der Waals surface area contributed by atoms with Gasteiger partial charge < -0.3 is 0 Å². The lowest BCUT2D eigenvalue weighted by molar-refractivity contribution is -0.385. The molecule has 2 aromatic carbocycles. The molecule has 0 aromatic heterocycles. The number of rotatable bonds is 6. The molecule has 1 heterocycles. The summed E-state index contributed by atoms with van der Waals surface area (Å²) in [6, 6.07) is 10.3. The molecule has 1 fully saturated rings. The molecule has 2 aliphatic rings. The van der Waals surface area contributed by atoms with Gasteiger partial charge in [-0.15, -0.1) is 0 Å². The third kappa shape index (κ3) is 4.03.